The molecule has 2 rings (SSSR count). The first-order chi connectivity index (χ1) is 7.03. The molecule has 1 aliphatic heterocycles. The summed E-state index contributed by atoms with van der Waals surface area (Å²) in [4.78, 5) is 12.5. The molecule has 1 saturated heterocycles. The predicted molar refractivity (Wildman–Crippen MR) is 56.8 cm³/mol. The first kappa shape index (κ1) is 10.9. The van der Waals surface area contributed by atoms with Gasteiger partial charge in [0.1, 0.15) is 6.23 Å². The Labute approximate surface area is 90.4 Å². The number of rotatable bonds is 2. The van der Waals surface area contributed by atoms with E-state index in [9.17, 15) is 9.90 Å². The van der Waals surface area contributed by atoms with Gasteiger partial charge in [-0.05, 0) is 31.6 Å². The highest BCUT2D eigenvalue weighted by Crippen LogP contribution is 2.48. The lowest BCUT2D eigenvalue weighted by atomic mass is 9.64. The number of hydrogen-bond acceptors (Lipinski definition) is 3. The van der Waals surface area contributed by atoms with Crippen LogP contribution in [0.3, 0.4) is 0 Å². The maximum absolute atomic E-state index is 10.7. The van der Waals surface area contributed by atoms with Gasteiger partial charge in [-0.2, -0.15) is 0 Å². The van der Waals surface area contributed by atoms with Crippen molar-refractivity contribution in [2.45, 2.75) is 38.8 Å². The second-order valence-corrected chi connectivity index (χ2v) is 5.29. The molecule has 0 bridgehead atoms. The zero-order valence-corrected chi connectivity index (χ0v) is 9.28. The summed E-state index contributed by atoms with van der Waals surface area (Å²) in [5.41, 5.74) is 5.18. The van der Waals surface area contributed by atoms with Gasteiger partial charge in [0.15, 0.2) is 0 Å². The van der Waals surface area contributed by atoms with E-state index in [1.165, 1.54) is 12.8 Å². The minimum absolute atomic E-state index is 0.0714. The van der Waals surface area contributed by atoms with Crippen molar-refractivity contribution in [3.63, 3.8) is 0 Å². The van der Waals surface area contributed by atoms with Crippen LogP contribution in [0.2, 0.25) is 0 Å². The topological polar surface area (TPSA) is 66.6 Å². The Balaban J connectivity index is 1.90. The summed E-state index contributed by atoms with van der Waals surface area (Å²) in [5, 5.41) is 10.0. The lowest BCUT2D eigenvalue weighted by molar-refractivity contribution is -0.209. The van der Waals surface area contributed by atoms with Crippen LogP contribution in [0.1, 0.15) is 32.6 Å². The smallest absolute Gasteiger partial charge is 0.231 e. The van der Waals surface area contributed by atoms with Gasteiger partial charge in [0.2, 0.25) is 5.91 Å². The van der Waals surface area contributed by atoms with E-state index < -0.39 is 6.23 Å². The van der Waals surface area contributed by atoms with Crippen LogP contribution in [0.15, 0.2) is 0 Å². The average molecular weight is 212 g/mol. The van der Waals surface area contributed by atoms with E-state index in [0.717, 1.165) is 25.3 Å². The first-order valence-corrected chi connectivity index (χ1v) is 5.74. The molecule has 4 nitrogen and oxygen atoms in total. The largest absolute Gasteiger partial charge is 0.378 e. The van der Waals surface area contributed by atoms with Crippen LogP contribution < -0.4 is 5.73 Å². The highest BCUT2D eigenvalue weighted by atomic mass is 16.3. The number of primary amides is 1. The van der Waals surface area contributed by atoms with Gasteiger partial charge >= 0.3 is 0 Å². The van der Waals surface area contributed by atoms with Crippen LogP contribution in [0.25, 0.3) is 0 Å². The van der Waals surface area contributed by atoms with E-state index in [1.54, 1.807) is 4.90 Å². The first-order valence-electron chi connectivity index (χ1n) is 5.74. The van der Waals surface area contributed by atoms with Crippen molar-refractivity contribution < 1.29 is 9.90 Å². The SMILES string of the molecule is CC1CCC2(CC1)CN(CC(N)=O)C2O. The summed E-state index contributed by atoms with van der Waals surface area (Å²) in [6.45, 7) is 3.29. The quantitative estimate of drug-likeness (QED) is 0.692. The van der Waals surface area contributed by atoms with Crippen molar-refractivity contribution in [3.8, 4) is 0 Å². The maximum Gasteiger partial charge on any atom is 0.231 e. The minimum atomic E-state index is -0.447. The Morgan fingerprint density at radius 2 is 2.13 bits per heavy atom. The Bertz CT molecular complexity index is 259. The molecule has 1 spiro atoms. The van der Waals surface area contributed by atoms with Gasteiger partial charge in [-0.3, -0.25) is 9.69 Å². The number of aliphatic hydroxyl groups excluding tert-OH is 1. The van der Waals surface area contributed by atoms with Gasteiger partial charge in [-0.25, -0.2) is 0 Å². The molecule has 0 aromatic carbocycles. The van der Waals surface area contributed by atoms with Crippen LogP contribution in [0.4, 0.5) is 0 Å². The lowest BCUT2D eigenvalue weighted by Gasteiger charge is -2.57. The molecule has 0 aromatic rings. The van der Waals surface area contributed by atoms with Crippen molar-refractivity contribution in [3.05, 3.63) is 0 Å². The Morgan fingerprint density at radius 1 is 1.53 bits per heavy atom. The van der Waals surface area contributed by atoms with Crippen LogP contribution in [0, 0.1) is 11.3 Å². The summed E-state index contributed by atoms with van der Waals surface area (Å²) in [6, 6.07) is 0. The lowest BCUT2D eigenvalue weighted by Crippen LogP contribution is -2.66. The van der Waals surface area contributed by atoms with Gasteiger partial charge < -0.3 is 10.8 Å². The molecule has 1 aliphatic carbocycles. The standard InChI is InChI=1S/C11H20N2O2/c1-8-2-4-11(5-3-8)7-13(10(11)15)6-9(12)14/h8,10,15H,2-7H2,1H3,(H2,12,14). The minimum Gasteiger partial charge on any atom is -0.378 e. The summed E-state index contributed by atoms with van der Waals surface area (Å²) in [7, 11) is 0. The molecule has 0 radical (unpaired) electrons. The summed E-state index contributed by atoms with van der Waals surface area (Å²) in [5.74, 6) is 0.432. The molecule has 1 saturated carbocycles. The van der Waals surface area contributed by atoms with Crippen molar-refractivity contribution in [2.75, 3.05) is 13.1 Å². The molecule has 4 heteroatoms. The van der Waals surface area contributed by atoms with Crippen molar-refractivity contribution in [1.82, 2.24) is 4.90 Å². The fourth-order valence-electron chi connectivity index (χ4n) is 2.94. The predicted octanol–water partition coefficient (Wildman–Crippen LogP) is 0.302. The van der Waals surface area contributed by atoms with Crippen LogP contribution in [0.5, 0.6) is 0 Å². The summed E-state index contributed by atoms with van der Waals surface area (Å²) >= 11 is 0. The monoisotopic (exact) mass is 212 g/mol. The van der Waals surface area contributed by atoms with Gasteiger partial charge in [-0.1, -0.05) is 6.92 Å². The number of hydrogen-bond donors (Lipinski definition) is 2. The summed E-state index contributed by atoms with van der Waals surface area (Å²) < 4.78 is 0. The van der Waals surface area contributed by atoms with Crippen LogP contribution >= 0.6 is 0 Å². The number of likely N-dealkylation sites (tertiary alicyclic amines) is 1. The van der Waals surface area contributed by atoms with E-state index in [4.69, 9.17) is 5.73 Å². The highest BCUT2D eigenvalue weighted by molar-refractivity contribution is 5.76. The average Bonchev–Trinajstić information content (AvgIpc) is 2.19. The van der Waals surface area contributed by atoms with Crippen LogP contribution in [-0.2, 0) is 4.79 Å². The fourth-order valence-corrected chi connectivity index (χ4v) is 2.94. The number of nitrogens with two attached hydrogens (primary N) is 1. The molecule has 2 fully saturated rings. The third-order valence-corrected chi connectivity index (χ3v) is 4.04. The summed E-state index contributed by atoms with van der Waals surface area (Å²) in [6.07, 6.45) is 4.12. The molecule has 86 valence electrons. The highest BCUT2D eigenvalue weighted by Gasteiger charge is 2.52. The number of carbonyl (C=O) groups excluding carboxylic acids is 1. The van der Waals surface area contributed by atoms with E-state index in [2.05, 4.69) is 6.92 Å². The van der Waals surface area contributed by atoms with Gasteiger partial charge in [-0.15, -0.1) is 0 Å². The Kier molecular flexibility index (Phi) is 2.73. The maximum atomic E-state index is 10.7. The zero-order chi connectivity index (χ0) is 11.1. The second-order valence-electron chi connectivity index (χ2n) is 5.29. The van der Waals surface area contributed by atoms with Gasteiger partial charge in [0.25, 0.3) is 0 Å². The third-order valence-electron chi connectivity index (χ3n) is 4.04. The molecule has 3 N–H and O–H groups in total. The van der Waals surface area contributed by atoms with Crippen molar-refractivity contribution in [2.24, 2.45) is 17.1 Å². The van der Waals surface area contributed by atoms with Crippen molar-refractivity contribution in [1.29, 1.82) is 0 Å². The van der Waals surface area contributed by atoms with E-state index in [1.807, 2.05) is 0 Å². The zero-order valence-electron chi connectivity index (χ0n) is 9.28. The fraction of sp³-hybridized carbons (Fsp3) is 0.909. The molecule has 1 atom stereocenters. The molecular weight excluding hydrogens is 192 g/mol. The Morgan fingerprint density at radius 3 is 2.60 bits per heavy atom. The molecule has 1 unspecified atom stereocenters. The normalized spacial score (nSPS) is 41.5. The van der Waals surface area contributed by atoms with Gasteiger partial charge in [0, 0.05) is 12.0 Å². The molecule has 2 aliphatic rings. The third kappa shape index (κ3) is 1.88. The molecule has 0 aromatic heterocycles. The van der Waals surface area contributed by atoms with E-state index >= 15 is 0 Å². The van der Waals surface area contributed by atoms with E-state index in [0.29, 0.717) is 0 Å². The molecule has 1 heterocycles. The molecule has 1 amide bonds. The van der Waals surface area contributed by atoms with Crippen molar-refractivity contribution >= 4 is 5.91 Å². The molecule has 15 heavy (non-hydrogen) atoms. The van der Waals surface area contributed by atoms with Gasteiger partial charge in [0.05, 0.1) is 6.54 Å². The number of nitrogens with zero attached hydrogens (tertiary/aromatic N) is 1. The number of carbonyl (C=O) groups is 1. The second kappa shape index (κ2) is 3.76. The van der Waals surface area contributed by atoms with E-state index in [-0.39, 0.29) is 17.9 Å². The number of amides is 1. The number of aliphatic hydroxyl groups is 1. The molecular formula is C11H20N2O2. The van der Waals surface area contributed by atoms with Crippen LogP contribution in [-0.4, -0.2) is 35.2 Å². The Hall–Kier alpha value is -0.610.